The fraction of sp³-hybridized carbons (Fsp3) is 0.321. The molecule has 0 spiro atoms. The number of nitrogens with one attached hydrogen (secondary N) is 1. The Hall–Kier alpha value is -1.90. The summed E-state index contributed by atoms with van der Waals surface area (Å²) in [7, 11) is 0. The van der Waals surface area contributed by atoms with Gasteiger partial charge in [0.05, 0.1) is 0 Å². The topological polar surface area (TPSA) is 50.4 Å². The predicted molar refractivity (Wildman–Crippen MR) is 140 cm³/mol. The van der Waals surface area contributed by atoms with Crippen LogP contribution in [0.1, 0.15) is 32.3 Å². The molecule has 0 unspecified atom stereocenters. The summed E-state index contributed by atoms with van der Waals surface area (Å²) in [6.07, 6.45) is 1.91. The van der Waals surface area contributed by atoms with E-state index in [1.807, 2.05) is 12.1 Å². The van der Waals surface area contributed by atoms with Gasteiger partial charge < -0.3 is 10.7 Å². The SMILES string of the molecule is C=NCCC[C@H](N)CNCC(C)(C)c1cc(-c2ccc(F)cc2)cc(-c2cc[c]([Tl])cc2)c1. The van der Waals surface area contributed by atoms with Crippen LogP contribution in [0, 0.1) is 5.82 Å². The van der Waals surface area contributed by atoms with E-state index in [9.17, 15) is 4.39 Å². The fourth-order valence-corrected chi connectivity index (χ4v) is 4.66. The van der Waals surface area contributed by atoms with Crippen LogP contribution in [0.2, 0.25) is 0 Å². The number of hydrogen-bond donors (Lipinski definition) is 2. The molecule has 0 aliphatic heterocycles. The average Bonchev–Trinajstić information content (AvgIpc) is 2.80. The summed E-state index contributed by atoms with van der Waals surface area (Å²) in [5.74, 6) is -0.219. The van der Waals surface area contributed by atoms with Crippen molar-refractivity contribution in [3.8, 4) is 22.3 Å². The molecule has 170 valence electrons. The molecular formula is C28H33FN3Tl. The van der Waals surface area contributed by atoms with Gasteiger partial charge in [0.1, 0.15) is 0 Å². The van der Waals surface area contributed by atoms with E-state index in [0.29, 0.717) is 0 Å². The quantitative estimate of drug-likeness (QED) is 0.184. The molecule has 0 aromatic heterocycles. The second kappa shape index (κ2) is 12.0. The van der Waals surface area contributed by atoms with Crippen LogP contribution in [-0.4, -0.2) is 58.2 Å². The van der Waals surface area contributed by atoms with Crippen LogP contribution in [0.3, 0.4) is 0 Å². The summed E-state index contributed by atoms with van der Waals surface area (Å²) in [4.78, 5) is 3.90. The Labute approximate surface area is 213 Å². The Balaban J connectivity index is 1.86. The molecule has 0 saturated carbocycles. The number of aliphatic imine (C=N–C) groups is 1. The summed E-state index contributed by atoms with van der Waals surface area (Å²) in [6.45, 7) is 10.4. The van der Waals surface area contributed by atoms with E-state index >= 15 is 0 Å². The first kappa shape index (κ1) is 25.7. The van der Waals surface area contributed by atoms with Crippen LogP contribution in [0.15, 0.2) is 71.7 Å². The van der Waals surface area contributed by atoms with Gasteiger partial charge in [-0.15, -0.1) is 0 Å². The van der Waals surface area contributed by atoms with Crippen molar-refractivity contribution in [2.45, 2.75) is 38.1 Å². The molecule has 1 atom stereocenters. The van der Waals surface area contributed by atoms with Gasteiger partial charge in [0.25, 0.3) is 0 Å². The Morgan fingerprint density at radius 3 is 2.12 bits per heavy atom. The van der Waals surface area contributed by atoms with Crippen LogP contribution in [-0.2, 0) is 5.41 Å². The minimum absolute atomic E-state index is 0.105. The second-order valence-electron chi connectivity index (χ2n) is 9.29. The molecule has 0 aliphatic rings. The molecular weight excluding hydrogens is 602 g/mol. The Morgan fingerprint density at radius 1 is 0.970 bits per heavy atom. The molecule has 3 aromatic rings. The van der Waals surface area contributed by atoms with Gasteiger partial charge in [-0.3, -0.25) is 0 Å². The number of hydrogen-bond acceptors (Lipinski definition) is 3. The first-order chi connectivity index (χ1) is 15.8. The van der Waals surface area contributed by atoms with E-state index in [1.165, 1.54) is 31.9 Å². The van der Waals surface area contributed by atoms with Crippen molar-refractivity contribution in [1.82, 2.24) is 5.32 Å². The molecule has 0 saturated heterocycles. The van der Waals surface area contributed by atoms with E-state index in [0.717, 1.165) is 69.4 Å². The zero-order valence-electron chi connectivity index (χ0n) is 19.7. The van der Waals surface area contributed by atoms with Crippen molar-refractivity contribution in [2.75, 3.05) is 19.6 Å². The molecule has 0 amide bonds. The summed E-state index contributed by atoms with van der Waals surface area (Å²) < 4.78 is 14.9. The minimum atomic E-state index is -0.219. The van der Waals surface area contributed by atoms with Gasteiger partial charge in [0.15, 0.2) is 0 Å². The van der Waals surface area contributed by atoms with Crippen LogP contribution >= 0.6 is 0 Å². The van der Waals surface area contributed by atoms with E-state index in [1.54, 1.807) is 0 Å². The van der Waals surface area contributed by atoms with Crippen LogP contribution in [0.5, 0.6) is 0 Å². The van der Waals surface area contributed by atoms with Gasteiger partial charge >= 0.3 is 177 Å². The molecule has 3 N–H and O–H groups in total. The molecule has 3 nitrogen and oxygen atoms in total. The van der Waals surface area contributed by atoms with Crippen molar-refractivity contribution in [2.24, 2.45) is 10.7 Å². The molecule has 5 heteroatoms. The third-order valence-electron chi connectivity index (χ3n) is 6.00. The summed E-state index contributed by atoms with van der Waals surface area (Å²) in [6, 6.07) is 22.4. The first-order valence-electron chi connectivity index (χ1n) is 11.4. The monoisotopic (exact) mass is 635 g/mol. The predicted octanol–water partition coefficient (Wildman–Crippen LogP) is 4.63. The Morgan fingerprint density at radius 2 is 1.55 bits per heavy atom. The maximum absolute atomic E-state index is 13.5. The molecule has 0 fully saturated rings. The second-order valence-corrected chi connectivity index (χ2v) is 11.9. The summed E-state index contributed by atoms with van der Waals surface area (Å²) >= 11 is 0.828. The number of halogens is 1. The Bertz CT molecular complexity index is 982. The van der Waals surface area contributed by atoms with E-state index in [2.05, 4.69) is 73.3 Å². The number of rotatable bonds is 11. The van der Waals surface area contributed by atoms with E-state index in [-0.39, 0.29) is 17.3 Å². The summed E-state index contributed by atoms with van der Waals surface area (Å²) in [5, 5.41) is 3.57. The normalized spacial score (nSPS) is 12.5. The maximum atomic E-state index is 13.5. The van der Waals surface area contributed by atoms with Crippen molar-refractivity contribution in [3.63, 3.8) is 0 Å². The third-order valence-corrected chi connectivity index (χ3v) is 7.50. The number of nitrogens with zero attached hydrogens (tertiary/aromatic N) is 1. The van der Waals surface area contributed by atoms with Gasteiger partial charge in [-0.25, -0.2) is 0 Å². The number of nitrogens with two attached hydrogens (primary N) is 1. The molecule has 0 aliphatic carbocycles. The first-order valence-corrected chi connectivity index (χ1v) is 13.7. The van der Waals surface area contributed by atoms with Gasteiger partial charge in [-0.05, 0) is 19.6 Å². The van der Waals surface area contributed by atoms with Crippen molar-refractivity contribution in [3.05, 3.63) is 78.1 Å². The van der Waals surface area contributed by atoms with Gasteiger partial charge in [-0.2, -0.15) is 0 Å². The van der Waals surface area contributed by atoms with Gasteiger partial charge in [0, 0.05) is 6.54 Å². The third kappa shape index (κ3) is 7.55. The average molecular weight is 635 g/mol. The zero-order chi connectivity index (χ0) is 23.8. The molecule has 3 rings (SSSR count). The van der Waals surface area contributed by atoms with Crippen LogP contribution < -0.4 is 14.2 Å². The molecule has 3 aromatic carbocycles. The van der Waals surface area contributed by atoms with Crippen molar-refractivity contribution >= 4 is 35.6 Å². The Kier molecular flexibility index (Phi) is 9.35. The molecule has 33 heavy (non-hydrogen) atoms. The standard InChI is InChI=1S/C28H33FN3.Tl/c1-28(2,20-32-19-27(30)10-7-15-31-3)25-17-23(21-8-5-4-6-9-21)16-24(18-25)22-11-13-26(29)14-12-22;/h5-6,8-9,11-14,16-18,27,32H,3,7,10,15,19-20,30H2,1-2H3;/t27-;/m0./s1. The molecule has 0 heterocycles. The number of benzene rings is 3. The van der Waals surface area contributed by atoms with Crippen molar-refractivity contribution < 1.29 is 4.39 Å². The molecule has 0 bridgehead atoms. The summed E-state index contributed by atoms with van der Waals surface area (Å²) in [5.41, 5.74) is 11.9. The van der Waals surface area contributed by atoms with E-state index in [4.69, 9.17) is 5.73 Å². The van der Waals surface area contributed by atoms with Gasteiger partial charge in [0.2, 0.25) is 0 Å². The fourth-order valence-electron chi connectivity index (χ4n) is 3.91. The van der Waals surface area contributed by atoms with Crippen LogP contribution in [0.25, 0.3) is 22.3 Å². The zero-order valence-corrected chi connectivity index (χ0v) is 24.1. The van der Waals surface area contributed by atoms with Crippen molar-refractivity contribution in [1.29, 1.82) is 0 Å². The van der Waals surface area contributed by atoms with Gasteiger partial charge in [-0.1, -0.05) is 0 Å². The molecule has 0 radical (unpaired) electrons. The van der Waals surface area contributed by atoms with Crippen LogP contribution in [0.4, 0.5) is 4.39 Å². The van der Waals surface area contributed by atoms with E-state index < -0.39 is 0 Å².